The molecule has 2 N–H and O–H groups in total. The highest BCUT2D eigenvalue weighted by Crippen LogP contribution is 2.18. The van der Waals surface area contributed by atoms with Crippen LogP contribution in [0.1, 0.15) is 0 Å². The zero-order chi connectivity index (χ0) is 17.1. The summed E-state index contributed by atoms with van der Waals surface area (Å²) in [5.74, 6) is -2.47. The summed E-state index contributed by atoms with van der Waals surface area (Å²) in [6, 6.07) is 3.97. The van der Waals surface area contributed by atoms with Crippen molar-refractivity contribution in [3.8, 4) is 0 Å². The third kappa shape index (κ3) is 3.33. The molecule has 0 atom stereocenters. The first kappa shape index (κ1) is 16.3. The highest BCUT2D eigenvalue weighted by molar-refractivity contribution is 6.04. The Bertz CT molecular complexity index is 653. The van der Waals surface area contributed by atoms with E-state index in [1.54, 1.807) is 12.4 Å². The van der Waals surface area contributed by atoms with E-state index in [1.165, 1.54) is 4.90 Å². The van der Waals surface area contributed by atoms with Crippen LogP contribution in [0.4, 0.5) is 5.69 Å². The molecule has 1 aromatic heterocycles. The summed E-state index contributed by atoms with van der Waals surface area (Å²) >= 11 is 0. The molecular formula is C16H20N4O4. The van der Waals surface area contributed by atoms with Gasteiger partial charge in [0.15, 0.2) is 5.76 Å². The van der Waals surface area contributed by atoms with Crippen molar-refractivity contribution in [1.82, 2.24) is 14.8 Å². The Labute approximate surface area is 139 Å². The van der Waals surface area contributed by atoms with Crippen LogP contribution in [0.3, 0.4) is 0 Å². The molecule has 0 aromatic carbocycles. The summed E-state index contributed by atoms with van der Waals surface area (Å²) in [7, 11) is 0. The number of nitrogens with zero attached hydrogens (tertiary/aromatic N) is 4. The van der Waals surface area contributed by atoms with Crippen LogP contribution in [0.15, 0.2) is 35.9 Å². The average molecular weight is 332 g/mol. The average Bonchev–Trinajstić information content (AvgIpc) is 2.90. The standard InChI is InChI=1S/C16H20N4O4/c21-14-13(16(23)24)11-20(15(14)22)10-7-18-5-8-19(9-6-18)12-1-3-17-4-2-12/h1-4,21H,5-11H2,(H,23,24). The van der Waals surface area contributed by atoms with Gasteiger partial charge in [-0.05, 0) is 12.1 Å². The number of piperazine rings is 1. The van der Waals surface area contributed by atoms with Crippen LogP contribution in [0.5, 0.6) is 0 Å². The SMILES string of the molecule is O=C(O)C1=C(O)C(=O)N(CCN2CCN(c3ccncc3)CC2)C1. The number of aromatic nitrogens is 1. The molecule has 0 bridgehead atoms. The number of aliphatic carboxylic acids is 1. The molecule has 0 saturated carbocycles. The smallest absolute Gasteiger partial charge is 0.337 e. The molecule has 3 heterocycles. The molecule has 0 aliphatic carbocycles. The van der Waals surface area contributed by atoms with Crippen molar-refractivity contribution in [3.05, 3.63) is 35.9 Å². The van der Waals surface area contributed by atoms with E-state index in [4.69, 9.17) is 5.11 Å². The second-order valence-electron chi connectivity index (χ2n) is 5.89. The predicted molar refractivity (Wildman–Crippen MR) is 86.8 cm³/mol. The van der Waals surface area contributed by atoms with Crippen molar-refractivity contribution in [3.63, 3.8) is 0 Å². The number of pyridine rings is 1. The van der Waals surface area contributed by atoms with E-state index < -0.39 is 17.6 Å². The number of anilines is 1. The maximum absolute atomic E-state index is 11.9. The van der Waals surface area contributed by atoms with E-state index in [9.17, 15) is 14.7 Å². The lowest BCUT2D eigenvalue weighted by molar-refractivity contribution is -0.133. The van der Waals surface area contributed by atoms with Gasteiger partial charge in [-0.1, -0.05) is 0 Å². The number of aliphatic hydroxyl groups is 1. The van der Waals surface area contributed by atoms with Gasteiger partial charge in [-0.2, -0.15) is 0 Å². The minimum absolute atomic E-state index is 0.0308. The van der Waals surface area contributed by atoms with Gasteiger partial charge in [0.25, 0.3) is 5.91 Å². The van der Waals surface area contributed by atoms with Crippen molar-refractivity contribution in [2.24, 2.45) is 0 Å². The second-order valence-corrected chi connectivity index (χ2v) is 5.89. The molecule has 1 aromatic rings. The van der Waals surface area contributed by atoms with Crippen molar-refractivity contribution < 1.29 is 19.8 Å². The number of hydrogen-bond acceptors (Lipinski definition) is 6. The van der Waals surface area contributed by atoms with Crippen molar-refractivity contribution in [1.29, 1.82) is 0 Å². The third-order valence-corrected chi connectivity index (χ3v) is 4.47. The van der Waals surface area contributed by atoms with Gasteiger partial charge in [-0.25, -0.2) is 4.79 Å². The fraction of sp³-hybridized carbons (Fsp3) is 0.438. The van der Waals surface area contributed by atoms with E-state index in [-0.39, 0.29) is 12.1 Å². The number of carbonyl (C=O) groups excluding carboxylic acids is 1. The van der Waals surface area contributed by atoms with Crippen LogP contribution < -0.4 is 4.90 Å². The normalized spacial score (nSPS) is 19.2. The van der Waals surface area contributed by atoms with Crippen molar-refractivity contribution >= 4 is 17.6 Å². The molecule has 24 heavy (non-hydrogen) atoms. The lowest BCUT2D eigenvalue weighted by atomic mass is 10.2. The summed E-state index contributed by atoms with van der Waals surface area (Å²) < 4.78 is 0. The molecule has 8 nitrogen and oxygen atoms in total. The van der Waals surface area contributed by atoms with Gasteiger partial charge in [0.1, 0.15) is 5.57 Å². The number of hydrogen-bond donors (Lipinski definition) is 2. The molecule has 1 saturated heterocycles. The Kier molecular flexibility index (Phi) is 4.66. The van der Waals surface area contributed by atoms with E-state index in [2.05, 4.69) is 14.8 Å². The fourth-order valence-corrected chi connectivity index (χ4v) is 3.01. The van der Waals surface area contributed by atoms with E-state index in [0.717, 1.165) is 31.9 Å². The maximum Gasteiger partial charge on any atom is 0.337 e. The lowest BCUT2D eigenvalue weighted by Gasteiger charge is -2.36. The number of carboxylic acids is 1. The Morgan fingerprint density at radius 2 is 1.79 bits per heavy atom. The topological polar surface area (TPSA) is 97.2 Å². The number of amides is 1. The molecule has 0 spiro atoms. The van der Waals surface area contributed by atoms with Crippen LogP contribution in [0.25, 0.3) is 0 Å². The third-order valence-electron chi connectivity index (χ3n) is 4.47. The van der Waals surface area contributed by atoms with Gasteiger partial charge in [-0.15, -0.1) is 0 Å². The number of aliphatic hydroxyl groups excluding tert-OH is 1. The Morgan fingerprint density at radius 1 is 1.12 bits per heavy atom. The van der Waals surface area contributed by atoms with Crippen LogP contribution >= 0.6 is 0 Å². The van der Waals surface area contributed by atoms with Gasteiger partial charge < -0.3 is 20.0 Å². The van der Waals surface area contributed by atoms with E-state index >= 15 is 0 Å². The monoisotopic (exact) mass is 332 g/mol. The van der Waals surface area contributed by atoms with Gasteiger partial charge >= 0.3 is 5.97 Å². The first-order valence-corrected chi connectivity index (χ1v) is 7.88. The van der Waals surface area contributed by atoms with Crippen LogP contribution in [-0.2, 0) is 9.59 Å². The molecule has 2 aliphatic rings. The maximum atomic E-state index is 11.9. The van der Waals surface area contributed by atoms with Gasteiger partial charge in [0.05, 0.1) is 6.54 Å². The molecule has 0 unspecified atom stereocenters. The van der Waals surface area contributed by atoms with Crippen molar-refractivity contribution in [2.75, 3.05) is 50.7 Å². The molecule has 0 radical (unpaired) electrons. The van der Waals surface area contributed by atoms with Crippen LogP contribution in [-0.4, -0.2) is 82.7 Å². The molecular weight excluding hydrogens is 312 g/mol. The molecule has 1 fully saturated rings. The minimum Gasteiger partial charge on any atom is -0.503 e. The van der Waals surface area contributed by atoms with E-state index in [1.807, 2.05) is 12.1 Å². The minimum atomic E-state index is -1.24. The summed E-state index contributed by atoms with van der Waals surface area (Å²) in [4.78, 5) is 32.7. The van der Waals surface area contributed by atoms with Crippen molar-refractivity contribution in [2.45, 2.75) is 0 Å². The largest absolute Gasteiger partial charge is 0.503 e. The molecule has 128 valence electrons. The second kappa shape index (κ2) is 6.88. The highest BCUT2D eigenvalue weighted by atomic mass is 16.4. The fourth-order valence-electron chi connectivity index (χ4n) is 3.01. The number of carbonyl (C=O) groups is 2. The molecule has 2 aliphatic heterocycles. The summed E-state index contributed by atoms with van der Waals surface area (Å²) in [5.41, 5.74) is 0.932. The Hall–Kier alpha value is -2.61. The zero-order valence-corrected chi connectivity index (χ0v) is 13.3. The quantitative estimate of drug-likeness (QED) is 0.780. The number of carboxylic acid groups (broad SMARTS) is 1. The first-order chi connectivity index (χ1) is 11.6. The van der Waals surface area contributed by atoms with Gasteiger partial charge in [0.2, 0.25) is 0 Å². The van der Waals surface area contributed by atoms with Gasteiger partial charge in [-0.3, -0.25) is 14.7 Å². The van der Waals surface area contributed by atoms with Gasteiger partial charge in [0, 0.05) is 57.3 Å². The lowest BCUT2D eigenvalue weighted by Crippen LogP contribution is -2.48. The Morgan fingerprint density at radius 3 is 2.38 bits per heavy atom. The molecule has 1 amide bonds. The molecule has 3 rings (SSSR count). The van der Waals surface area contributed by atoms with Crippen LogP contribution in [0.2, 0.25) is 0 Å². The molecule has 8 heteroatoms. The highest BCUT2D eigenvalue weighted by Gasteiger charge is 2.34. The first-order valence-electron chi connectivity index (χ1n) is 7.88. The predicted octanol–water partition coefficient (Wildman–Crippen LogP) is -0.0575. The zero-order valence-electron chi connectivity index (χ0n) is 13.3. The summed E-state index contributed by atoms with van der Waals surface area (Å²) in [6.07, 6.45) is 3.56. The summed E-state index contributed by atoms with van der Waals surface area (Å²) in [5, 5.41) is 18.5. The summed E-state index contributed by atoms with van der Waals surface area (Å²) in [6.45, 7) is 4.57. The Balaban J connectivity index is 1.46. The number of rotatable bonds is 5. The van der Waals surface area contributed by atoms with Crippen LogP contribution in [0, 0.1) is 0 Å². The van der Waals surface area contributed by atoms with E-state index in [0.29, 0.717) is 13.1 Å².